The average Bonchev–Trinajstić information content (AvgIpc) is 3.34. The van der Waals surface area contributed by atoms with Crippen molar-refractivity contribution in [2.24, 2.45) is 0 Å². The Morgan fingerprint density at radius 2 is 1.46 bits per heavy atom. The molecule has 3 atom stereocenters. The van der Waals surface area contributed by atoms with Crippen LogP contribution < -0.4 is 10.4 Å². The quantitative estimate of drug-likeness (QED) is 0.444. The van der Waals surface area contributed by atoms with Gasteiger partial charge in [-0.25, -0.2) is 4.79 Å². The number of aliphatic hydroxyl groups is 2. The second-order valence-electron chi connectivity index (χ2n) is 10.6. The van der Waals surface area contributed by atoms with Crippen LogP contribution in [0.1, 0.15) is 32.8 Å². The molecule has 196 valence electrons. The highest BCUT2D eigenvalue weighted by atomic mass is 28.4. The van der Waals surface area contributed by atoms with Gasteiger partial charge in [0, 0.05) is 6.54 Å². The third-order valence-electron chi connectivity index (χ3n) is 7.16. The number of rotatable bonds is 8. The lowest BCUT2D eigenvalue weighted by molar-refractivity contribution is -0.0112. The predicted molar refractivity (Wildman–Crippen MR) is 147 cm³/mol. The molecule has 1 aliphatic heterocycles. The summed E-state index contributed by atoms with van der Waals surface area (Å²) in [5, 5.41) is 22.8. The molecule has 1 saturated heterocycles. The van der Waals surface area contributed by atoms with Crippen LogP contribution in [0.3, 0.4) is 0 Å². The van der Waals surface area contributed by atoms with E-state index in [1.165, 1.54) is 4.90 Å². The summed E-state index contributed by atoms with van der Waals surface area (Å²) < 4.78 is 12.8. The number of nitrogens with zero attached hydrogens (tertiary/aromatic N) is 1. The van der Waals surface area contributed by atoms with E-state index < -0.39 is 39.3 Å². The van der Waals surface area contributed by atoms with E-state index in [1.807, 2.05) is 66.7 Å². The van der Waals surface area contributed by atoms with Crippen LogP contribution in [0.2, 0.25) is 5.04 Å². The number of hydrogen-bond acceptors (Lipinski definition) is 5. The predicted octanol–water partition coefficient (Wildman–Crippen LogP) is 3.70. The normalized spacial score (nSPS) is 19.0. The number of likely N-dealkylation sites (tertiary alicyclic amines) is 1. The van der Waals surface area contributed by atoms with Crippen molar-refractivity contribution in [3.05, 3.63) is 96.6 Å². The molecule has 6 nitrogen and oxygen atoms in total. The van der Waals surface area contributed by atoms with E-state index in [1.54, 1.807) is 0 Å². The minimum absolute atomic E-state index is 0.137. The molecule has 0 aromatic heterocycles. The monoisotopic (exact) mass is 519 g/mol. The lowest BCUT2D eigenvalue weighted by atomic mass is 10.1. The van der Waals surface area contributed by atoms with Gasteiger partial charge in [-0.3, -0.25) is 4.90 Å². The molecular weight excluding hydrogens is 482 g/mol. The topological polar surface area (TPSA) is 79.2 Å². The van der Waals surface area contributed by atoms with E-state index in [9.17, 15) is 15.0 Å². The maximum atomic E-state index is 13.2. The highest BCUT2D eigenvalue weighted by Gasteiger charge is 2.54. The fraction of sp³-hybridized carbons (Fsp3) is 0.367. The van der Waals surface area contributed by atoms with Gasteiger partial charge in [0.1, 0.15) is 12.7 Å². The van der Waals surface area contributed by atoms with Crippen LogP contribution in [0.5, 0.6) is 0 Å². The lowest BCUT2D eigenvalue weighted by Gasteiger charge is -2.46. The van der Waals surface area contributed by atoms with Crippen molar-refractivity contribution >= 4 is 24.8 Å². The van der Waals surface area contributed by atoms with Gasteiger partial charge < -0.3 is 19.4 Å². The molecule has 0 radical (unpaired) electrons. The Morgan fingerprint density at radius 1 is 0.946 bits per heavy atom. The highest BCUT2D eigenvalue weighted by molar-refractivity contribution is 6.99. The van der Waals surface area contributed by atoms with Crippen LogP contribution >= 0.6 is 0 Å². The first-order valence-electron chi connectivity index (χ1n) is 12.8. The standard InChI is InChI=1S/C30H37NO5Si/c1-30(2,3)37(24-15-9-5-10-16-24,25-17-11-6-12-18-25)36-27-19-20-31(28(27)26(33)21-32)29(34)35-22-23-13-7-4-8-14-23/h4-18,26-28,32-33H,19-22H2,1-3H3/t26-,27+,28+/m0/s1. The summed E-state index contributed by atoms with van der Waals surface area (Å²) in [7, 11) is -2.92. The number of benzene rings is 3. The van der Waals surface area contributed by atoms with Crippen LogP contribution in [0.25, 0.3) is 0 Å². The van der Waals surface area contributed by atoms with Gasteiger partial charge in [0.15, 0.2) is 0 Å². The zero-order valence-corrected chi connectivity index (χ0v) is 22.8. The van der Waals surface area contributed by atoms with Crippen molar-refractivity contribution in [1.82, 2.24) is 4.90 Å². The Balaban J connectivity index is 1.68. The largest absolute Gasteiger partial charge is 0.445 e. The van der Waals surface area contributed by atoms with Crippen molar-refractivity contribution < 1.29 is 24.2 Å². The van der Waals surface area contributed by atoms with Gasteiger partial charge in [-0.2, -0.15) is 0 Å². The van der Waals surface area contributed by atoms with Crippen molar-refractivity contribution in [3.63, 3.8) is 0 Å². The number of aliphatic hydroxyl groups excluding tert-OH is 2. The molecular formula is C30H37NO5Si. The van der Waals surface area contributed by atoms with Gasteiger partial charge in [0.25, 0.3) is 8.32 Å². The minimum Gasteiger partial charge on any atom is -0.445 e. The Bertz CT molecular complexity index is 1100. The molecule has 0 bridgehead atoms. The van der Waals surface area contributed by atoms with Gasteiger partial charge in [-0.05, 0) is 27.4 Å². The Morgan fingerprint density at radius 3 is 1.95 bits per heavy atom. The van der Waals surface area contributed by atoms with E-state index in [0.717, 1.165) is 15.9 Å². The number of hydrogen-bond donors (Lipinski definition) is 2. The molecule has 0 aliphatic carbocycles. The zero-order valence-electron chi connectivity index (χ0n) is 21.8. The maximum absolute atomic E-state index is 13.2. The SMILES string of the molecule is CC(C)(C)[Si](O[C@@H]1CCN(C(=O)OCc2ccccc2)[C@@H]1[C@@H](O)CO)(c1ccccc1)c1ccccc1. The van der Waals surface area contributed by atoms with E-state index >= 15 is 0 Å². The molecule has 0 spiro atoms. The molecule has 37 heavy (non-hydrogen) atoms. The Kier molecular flexibility index (Phi) is 8.49. The van der Waals surface area contributed by atoms with Gasteiger partial charge in [0.2, 0.25) is 0 Å². The third-order valence-corrected chi connectivity index (χ3v) is 12.2. The molecule has 2 N–H and O–H groups in total. The number of ether oxygens (including phenoxy) is 1. The van der Waals surface area contributed by atoms with E-state index in [0.29, 0.717) is 13.0 Å². The van der Waals surface area contributed by atoms with Crippen LogP contribution in [0, 0.1) is 0 Å². The fourth-order valence-electron chi connectivity index (χ4n) is 5.41. The molecule has 3 aromatic carbocycles. The maximum Gasteiger partial charge on any atom is 0.410 e. The lowest BCUT2D eigenvalue weighted by Crippen LogP contribution is -2.69. The summed E-state index contributed by atoms with van der Waals surface area (Å²) in [5.41, 5.74) is 0.884. The van der Waals surface area contributed by atoms with Crippen molar-refractivity contribution in [1.29, 1.82) is 0 Å². The fourth-order valence-corrected chi connectivity index (χ4v) is 10.1. The summed E-state index contributed by atoms with van der Waals surface area (Å²) in [6.07, 6.45) is -1.62. The van der Waals surface area contributed by atoms with Crippen LogP contribution in [0.15, 0.2) is 91.0 Å². The molecule has 7 heteroatoms. The molecule has 1 fully saturated rings. The van der Waals surface area contributed by atoms with E-state index in [-0.39, 0.29) is 11.6 Å². The first-order chi connectivity index (χ1) is 17.8. The first kappa shape index (κ1) is 27.1. The number of carbonyl (C=O) groups excluding carboxylic acids is 1. The Labute approximate surface area is 220 Å². The molecule has 1 heterocycles. The smallest absolute Gasteiger partial charge is 0.410 e. The van der Waals surface area contributed by atoms with Gasteiger partial charge in [-0.1, -0.05) is 112 Å². The molecule has 1 amide bonds. The van der Waals surface area contributed by atoms with Crippen molar-refractivity contribution in [3.8, 4) is 0 Å². The van der Waals surface area contributed by atoms with Gasteiger partial charge in [-0.15, -0.1) is 0 Å². The van der Waals surface area contributed by atoms with Crippen LogP contribution in [-0.4, -0.2) is 60.9 Å². The van der Waals surface area contributed by atoms with Crippen LogP contribution in [0.4, 0.5) is 4.79 Å². The third kappa shape index (κ3) is 5.65. The molecule has 0 unspecified atom stereocenters. The van der Waals surface area contributed by atoms with Gasteiger partial charge in [0.05, 0.1) is 18.8 Å². The zero-order chi connectivity index (χ0) is 26.5. The number of carbonyl (C=O) groups is 1. The summed E-state index contributed by atoms with van der Waals surface area (Å²) >= 11 is 0. The minimum atomic E-state index is -2.92. The summed E-state index contributed by atoms with van der Waals surface area (Å²) in [5.74, 6) is 0. The van der Waals surface area contributed by atoms with Crippen molar-refractivity contribution in [2.45, 2.75) is 57.1 Å². The molecule has 1 aliphatic rings. The average molecular weight is 520 g/mol. The molecule has 3 aromatic rings. The van der Waals surface area contributed by atoms with E-state index in [4.69, 9.17) is 9.16 Å². The Hall–Kier alpha value is -2.97. The summed E-state index contributed by atoms with van der Waals surface area (Å²) in [4.78, 5) is 14.7. The molecule has 4 rings (SSSR count). The van der Waals surface area contributed by atoms with Crippen LogP contribution in [-0.2, 0) is 15.8 Å². The highest BCUT2D eigenvalue weighted by Crippen LogP contribution is 2.40. The van der Waals surface area contributed by atoms with Crippen molar-refractivity contribution in [2.75, 3.05) is 13.2 Å². The summed E-state index contributed by atoms with van der Waals surface area (Å²) in [6, 6.07) is 29.3. The van der Waals surface area contributed by atoms with E-state index in [2.05, 4.69) is 45.0 Å². The second kappa shape index (κ2) is 11.6. The molecule has 0 saturated carbocycles. The number of amides is 1. The van der Waals surface area contributed by atoms with Gasteiger partial charge >= 0.3 is 6.09 Å². The summed E-state index contributed by atoms with van der Waals surface area (Å²) in [6.45, 7) is 6.61. The first-order valence-corrected chi connectivity index (χ1v) is 14.7. The second-order valence-corrected chi connectivity index (χ2v) is 14.8.